The summed E-state index contributed by atoms with van der Waals surface area (Å²) in [5.41, 5.74) is 2.40. The summed E-state index contributed by atoms with van der Waals surface area (Å²) in [4.78, 5) is 2.30. The second kappa shape index (κ2) is 7.62. The van der Waals surface area contributed by atoms with E-state index in [0.29, 0.717) is 12.5 Å². The molecule has 0 spiro atoms. The largest absolute Gasteiger partial charge is 0.489 e. The Morgan fingerprint density at radius 2 is 1.87 bits per heavy atom. The molecule has 23 heavy (non-hydrogen) atoms. The maximum Gasteiger partial charge on any atom is 0.120 e. The van der Waals surface area contributed by atoms with E-state index < -0.39 is 0 Å². The molecule has 1 fully saturated rings. The third-order valence-corrected chi connectivity index (χ3v) is 4.54. The van der Waals surface area contributed by atoms with E-state index in [9.17, 15) is 5.11 Å². The quantitative estimate of drug-likeness (QED) is 0.921. The number of aliphatic hydroxyl groups is 1. The topological polar surface area (TPSA) is 32.7 Å². The molecule has 0 bridgehead atoms. The van der Waals surface area contributed by atoms with Crippen molar-refractivity contribution in [1.29, 1.82) is 0 Å². The van der Waals surface area contributed by atoms with Gasteiger partial charge in [0.15, 0.2) is 0 Å². The maximum atomic E-state index is 10.2. The molecule has 0 saturated carbocycles. The molecule has 0 radical (unpaired) electrons. The van der Waals surface area contributed by atoms with Crippen LogP contribution in [0.25, 0.3) is 0 Å². The Bertz CT molecular complexity index is 614. The Hall–Kier alpha value is -1.84. The normalized spacial score (nSPS) is 22.0. The number of rotatable bonds is 5. The van der Waals surface area contributed by atoms with Gasteiger partial charge in [0.2, 0.25) is 0 Å². The zero-order valence-electron chi connectivity index (χ0n) is 13.7. The number of benzene rings is 2. The van der Waals surface area contributed by atoms with Crippen LogP contribution in [0.5, 0.6) is 5.75 Å². The number of likely N-dealkylation sites (tertiary alicyclic amines) is 1. The summed E-state index contributed by atoms with van der Waals surface area (Å²) in [6.45, 7) is 2.52. The van der Waals surface area contributed by atoms with Crippen LogP contribution in [0.2, 0.25) is 0 Å². The summed E-state index contributed by atoms with van der Waals surface area (Å²) in [5.74, 6) is 1.20. The van der Waals surface area contributed by atoms with Crippen LogP contribution in [0.1, 0.15) is 17.5 Å². The Morgan fingerprint density at radius 3 is 2.70 bits per heavy atom. The fraction of sp³-hybridized carbons (Fsp3) is 0.400. The van der Waals surface area contributed by atoms with E-state index >= 15 is 0 Å². The fourth-order valence-corrected chi connectivity index (χ4v) is 3.21. The summed E-state index contributed by atoms with van der Waals surface area (Å²) >= 11 is 0. The number of ether oxygens (including phenoxy) is 1. The van der Waals surface area contributed by atoms with Crippen molar-refractivity contribution in [2.75, 3.05) is 20.1 Å². The van der Waals surface area contributed by atoms with Crippen molar-refractivity contribution in [3.8, 4) is 5.75 Å². The van der Waals surface area contributed by atoms with Crippen molar-refractivity contribution >= 4 is 0 Å². The van der Waals surface area contributed by atoms with E-state index in [1.165, 1.54) is 11.1 Å². The highest BCUT2D eigenvalue weighted by Gasteiger charge is 2.25. The highest BCUT2D eigenvalue weighted by Crippen LogP contribution is 2.23. The lowest BCUT2D eigenvalue weighted by molar-refractivity contribution is 0.0366. The highest BCUT2D eigenvalue weighted by atomic mass is 16.5. The zero-order chi connectivity index (χ0) is 16.1. The molecule has 0 amide bonds. The second-order valence-electron chi connectivity index (χ2n) is 6.50. The monoisotopic (exact) mass is 311 g/mol. The molecule has 2 atom stereocenters. The summed E-state index contributed by atoms with van der Waals surface area (Å²) in [6.07, 6.45) is 1.57. The lowest BCUT2D eigenvalue weighted by Crippen LogP contribution is -2.41. The lowest BCUT2D eigenvalue weighted by Gasteiger charge is -2.34. The molecule has 2 aromatic carbocycles. The minimum absolute atomic E-state index is 0.194. The van der Waals surface area contributed by atoms with Gasteiger partial charge >= 0.3 is 0 Å². The predicted molar refractivity (Wildman–Crippen MR) is 92.5 cm³/mol. The van der Waals surface area contributed by atoms with Crippen LogP contribution in [0.3, 0.4) is 0 Å². The number of aliphatic hydroxyl groups excluding tert-OH is 1. The highest BCUT2D eigenvalue weighted by molar-refractivity contribution is 5.29. The molecule has 3 nitrogen and oxygen atoms in total. The maximum absolute atomic E-state index is 10.2. The van der Waals surface area contributed by atoms with Gasteiger partial charge in [-0.3, -0.25) is 0 Å². The van der Waals surface area contributed by atoms with E-state index in [2.05, 4.69) is 36.2 Å². The molecule has 1 N–H and O–H groups in total. The van der Waals surface area contributed by atoms with Crippen molar-refractivity contribution in [2.45, 2.75) is 25.6 Å². The average molecular weight is 311 g/mol. The standard InChI is InChI=1S/C20H25NO2/c1-21-11-10-20(22)18(14-21)12-17-8-5-9-19(13-17)23-15-16-6-3-2-4-7-16/h2-9,13,18,20,22H,10-12,14-15H2,1H3. The second-order valence-corrected chi connectivity index (χ2v) is 6.50. The summed E-state index contributed by atoms with van der Waals surface area (Å²) < 4.78 is 5.90. The molecule has 1 heterocycles. The van der Waals surface area contributed by atoms with Crippen LogP contribution in [-0.2, 0) is 13.0 Å². The Labute approximate surface area is 138 Å². The Morgan fingerprint density at radius 1 is 1.09 bits per heavy atom. The first-order valence-electron chi connectivity index (χ1n) is 8.33. The Kier molecular flexibility index (Phi) is 5.31. The number of nitrogens with zero attached hydrogens (tertiary/aromatic N) is 1. The van der Waals surface area contributed by atoms with Crippen LogP contribution >= 0.6 is 0 Å². The molecule has 2 aromatic rings. The summed E-state index contributed by atoms with van der Waals surface area (Å²) in [5, 5.41) is 10.2. The van der Waals surface area contributed by atoms with E-state index in [4.69, 9.17) is 4.74 Å². The third kappa shape index (κ3) is 4.57. The lowest BCUT2D eigenvalue weighted by atomic mass is 9.89. The first-order chi connectivity index (χ1) is 11.2. The Balaban J connectivity index is 1.60. The summed E-state index contributed by atoms with van der Waals surface area (Å²) in [6, 6.07) is 18.4. The van der Waals surface area contributed by atoms with Crippen LogP contribution < -0.4 is 4.74 Å². The minimum atomic E-state index is -0.194. The number of hydrogen-bond acceptors (Lipinski definition) is 3. The minimum Gasteiger partial charge on any atom is -0.489 e. The van der Waals surface area contributed by atoms with E-state index in [-0.39, 0.29) is 6.10 Å². The molecule has 1 aliphatic heterocycles. The van der Waals surface area contributed by atoms with Gasteiger partial charge in [0.05, 0.1) is 6.10 Å². The average Bonchev–Trinajstić information content (AvgIpc) is 2.58. The molecular weight excluding hydrogens is 286 g/mol. The van der Waals surface area contributed by atoms with Gasteiger partial charge in [0, 0.05) is 19.0 Å². The van der Waals surface area contributed by atoms with E-state index in [0.717, 1.165) is 31.7 Å². The van der Waals surface area contributed by atoms with Gasteiger partial charge in [-0.2, -0.15) is 0 Å². The molecule has 0 aromatic heterocycles. The molecule has 3 heteroatoms. The third-order valence-electron chi connectivity index (χ3n) is 4.54. The van der Waals surface area contributed by atoms with Crippen molar-refractivity contribution in [3.63, 3.8) is 0 Å². The fourth-order valence-electron chi connectivity index (χ4n) is 3.21. The first-order valence-corrected chi connectivity index (χ1v) is 8.33. The smallest absolute Gasteiger partial charge is 0.120 e. The van der Waals surface area contributed by atoms with Crippen LogP contribution in [0, 0.1) is 5.92 Å². The van der Waals surface area contributed by atoms with Crippen molar-refractivity contribution in [1.82, 2.24) is 4.90 Å². The van der Waals surface area contributed by atoms with Gasteiger partial charge in [0.1, 0.15) is 12.4 Å². The van der Waals surface area contributed by atoms with Gasteiger partial charge in [-0.15, -0.1) is 0 Å². The SMILES string of the molecule is CN1CCC(O)C(Cc2cccc(OCc3ccccc3)c2)C1. The van der Waals surface area contributed by atoms with Crippen LogP contribution in [0.4, 0.5) is 0 Å². The van der Waals surface area contributed by atoms with E-state index in [1.54, 1.807) is 0 Å². The number of piperidine rings is 1. The van der Waals surface area contributed by atoms with Gasteiger partial charge in [-0.05, 0) is 43.1 Å². The van der Waals surface area contributed by atoms with Crippen LogP contribution in [0.15, 0.2) is 54.6 Å². The number of hydrogen-bond donors (Lipinski definition) is 1. The van der Waals surface area contributed by atoms with Gasteiger partial charge in [0.25, 0.3) is 0 Å². The van der Waals surface area contributed by atoms with Gasteiger partial charge in [-0.25, -0.2) is 0 Å². The molecular formula is C20H25NO2. The molecule has 1 aliphatic rings. The van der Waals surface area contributed by atoms with Crippen molar-refractivity contribution in [2.24, 2.45) is 5.92 Å². The first kappa shape index (κ1) is 16.0. The summed E-state index contributed by atoms with van der Waals surface area (Å²) in [7, 11) is 2.12. The molecule has 122 valence electrons. The van der Waals surface area contributed by atoms with Crippen molar-refractivity contribution < 1.29 is 9.84 Å². The van der Waals surface area contributed by atoms with E-state index in [1.807, 2.05) is 30.3 Å². The zero-order valence-corrected chi connectivity index (χ0v) is 13.7. The van der Waals surface area contributed by atoms with Crippen LogP contribution in [-0.4, -0.2) is 36.2 Å². The van der Waals surface area contributed by atoms with Gasteiger partial charge in [-0.1, -0.05) is 42.5 Å². The van der Waals surface area contributed by atoms with Gasteiger partial charge < -0.3 is 14.7 Å². The van der Waals surface area contributed by atoms with Crippen molar-refractivity contribution in [3.05, 3.63) is 65.7 Å². The predicted octanol–water partition coefficient (Wildman–Crippen LogP) is 3.12. The molecule has 1 saturated heterocycles. The molecule has 3 rings (SSSR count). The molecule has 0 aliphatic carbocycles. The molecule has 2 unspecified atom stereocenters.